The minimum atomic E-state index is 0.926. The molecule has 0 heteroatoms. The molecule has 78 valence electrons. The number of allylic oxidation sites excluding steroid dienone is 2. The molecule has 1 aliphatic carbocycles. The lowest BCUT2D eigenvalue weighted by atomic mass is 9.89. The summed E-state index contributed by atoms with van der Waals surface area (Å²) in [5.74, 6) is 0.926. The van der Waals surface area contributed by atoms with Gasteiger partial charge in [-0.25, -0.2) is 0 Å². The van der Waals surface area contributed by atoms with Crippen LogP contribution >= 0.6 is 0 Å². The molecule has 0 heterocycles. The Morgan fingerprint density at radius 2 is 1.69 bits per heavy atom. The van der Waals surface area contributed by atoms with Crippen LogP contribution in [0.5, 0.6) is 0 Å². The number of hydrogen-bond acceptors (Lipinski definition) is 0. The molecule has 1 aliphatic rings. The van der Waals surface area contributed by atoms with Gasteiger partial charge in [-0.1, -0.05) is 58.6 Å². The van der Waals surface area contributed by atoms with Crippen LogP contribution in [0.2, 0.25) is 0 Å². The van der Waals surface area contributed by atoms with E-state index < -0.39 is 0 Å². The van der Waals surface area contributed by atoms with Crippen LogP contribution in [0.15, 0.2) is 12.2 Å². The van der Waals surface area contributed by atoms with E-state index in [4.69, 9.17) is 0 Å². The Bertz CT molecular complexity index is 107. The van der Waals surface area contributed by atoms with Crippen LogP contribution in [-0.4, -0.2) is 0 Å². The Kier molecular flexibility index (Phi) is 9.63. The van der Waals surface area contributed by atoms with Gasteiger partial charge < -0.3 is 0 Å². The smallest absolute Gasteiger partial charge is 0.0234 e. The van der Waals surface area contributed by atoms with Crippen molar-refractivity contribution < 1.29 is 0 Å². The molecule has 0 spiro atoms. The molecule has 0 amide bonds. The van der Waals surface area contributed by atoms with Crippen molar-refractivity contribution in [3.63, 3.8) is 0 Å². The molecule has 1 rings (SSSR count). The van der Waals surface area contributed by atoms with Crippen LogP contribution in [0.4, 0.5) is 0 Å². The summed E-state index contributed by atoms with van der Waals surface area (Å²) in [6.07, 6.45) is 14.7. The van der Waals surface area contributed by atoms with E-state index >= 15 is 0 Å². The first-order valence-electron chi connectivity index (χ1n) is 6.10. The molecule has 0 aliphatic heterocycles. The van der Waals surface area contributed by atoms with E-state index in [1.807, 2.05) is 13.8 Å². The topological polar surface area (TPSA) is 0 Å². The van der Waals surface area contributed by atoms with Crippen LogP contribution in [0.25, 0.3) is 0 Å². The lowest BCUT2D eigenvalue weighted by Crippen LogP contribution is -2.02. The Labute approximate surface area is 84.4 Å². The third kappa shape index (κ3) is 6.86. The molecule has 0 N–H and O–H groups in total. The molecular formula is C13H26. The average Bonchev–Trinajstić information content (AvgIpc) is 2.23. The largest absolute Gasteiger partial charge is 0.0883 e. The van der Waals surface area contributed by atoms with E-state index in [2.05, 4.69) is 19.1 Å². The first kappa shape index (κ1) is 12.7. The maximum absolute atomic E-state index is 2.45. The highest BCUT2D eigenvalue weighted by Crippen LogP contribution is 2.24. The maximum Gasteiger partial charge on any atom is -0.0234 e. The molecule has 0 bridgehead atoms. The highest BCUT2D eigenvalue weighted by molar-refractivity contribution is 4.89. The molecule has 0 atom stereocenters. The van der Waals surface area contributed by atoms with Crippen molar-refractivity contribution in [2.45, 2.75) is 65.7 Å². The monoisotopic (exact) mass is 182 g/mol. The molecular weight excluding hydrogens is 156 g/mol. The van der Waals surface area contributed by atoms with Crippen LogP contribution in [-0.2, 0) is 0 Å². The van der Waals surface area contributed by atoms with Gasteiger partial charge in [-0.05, 0) is 25.2 Å². The first-order chi connectivity index (χ1) is 6.43. The minimum absolute atomic E-state index is 0.926. The zero-order valence-electron chi connectivity index (χ0n) is 9.68. The zero-order chi connectivity index (χ0) is 9.94. The molecule has 13 heavy (non-hydrogen) atoms. The third-order valence-corrected chi connectivity index (χ3v) is 2.51. The van der Waals surface area contributed by atoms with E-state index in [1.165, 1.54) is 44.9 Å². The molecule has 0 radical (unpaired) electrons. The fraction of sp³-hybridized carbons (Fsp3) is 0.846. The number of unbranched alkanes of at least 4 members (excludes halogenated alkanes) is 1. The van der Waals surface area contributed by atoms with Crippen molar-refractivity contribution >= 4 is 0 Å². The third-order valence-electron chi connectivity index (χ3n) is 2.51. The summed E-state index contributed by atoms with van der Waals surface area (Å²) < 4.78 is 0. The quantitative estimate of drug-likeness (QED) is 0.542. The van der Waals surface area contributed by atoms with E-state index in [0.717, 1.165) is 5.92 Å². The summed E-state index contributed by atoms with van der Waals surface area (Å²) in [6, 6.07) is 0. The van der Waals surface area contributed by atoms with Crippen molar-refractivity contribution in [1.82, 2.24) is 0 Å². The maximum atomic E-state index is 2.45. The SMILES string of the molecule is CC.CCC/C=C/C1CCCCC1. The average molecular weight is 182 g/mol. The Balaban J connectivity index is 0.000000671. The minimum Gasteiger partial charge on any atom is -0.0883 e. The van der Waals surface area contributed by atoms with E-state index in [9.17, 15) is 0 Å². The molecule has 0 nitrogen and oxygen atoms in total. The van der Waals surface area contributed by atoms with Gasteiger partial charge in [0.05, 0.1) is 0 Å². The van der Waals surface area contributed by atoms with Crippen molar-refractivity contribution in [3.8, 4) is 0 Å². The predicted molar refractivity (Wildman–Crippen MR) is 62.0 cm³/mol. The van der Waals surface area contributed by atoms with Gasteiger partial charge in [0.2, 0.25) is 0 Å². The van der Waals surface area contributed by atoms with Gasteiger partial charge in [-0.2, -0.15) is 0 Å². The van der Waals surface area contributed by atoms with Crippen LogP contribution in [0.1, 0.15) is 65.7 Å². The van der Waals surface area contributed by atoms with Crippen molar-refractivity contribution in [2.24, 2.45) is 5.92 Å². The van der Waals surface area contributed by atoms with E-state index in [1.54, 1.807) is 0 Å². The molecule has 0 unspecified atom stereocenters. The zero-order valence-corrected chi connectivity index (χ0v) is 9.68. The van der Waals surface area contributed by atoms with Crippen molar-refractivity contribution in [1.29, 1.82) is 0 Å². The van der Waals surface area contributed by atoms with Gasteiger partial charge in [-0.15, -0.1) is 0 Å². The Morgan fingerprint density at radius 1 is 1.08 bits per heavy atom. The van der Waals surface area contributed by atoms with Gasteiger partial charge in [0, 0.05) is 0 Å². The highest BCUT2D eigenvalue weighted by Gasteiger charge is 2.08. The van der Waals surface area contributed by atoms with Crippen LogP contribution in [0.3, 0.4) is 0 Å². The molecule has 0 aromatic heterocycles. The molecule has 1 saturated carbocycles. The van der Waals surface area contributed by atoms with Gasteiger partial charge in [0.1, 0.15) is 0 Å². The van der Waals surface area contributed by atoms with Gasteiger partial charge >= 0.3 is 0 Å². The summed E-state index contributed by atoms with van der Waals surface area (Å²) in [5.41, 5.74) is 0. The fourth-order valence-corrected chi connectivity index (χ4v) is 1.78. The molecule has 0 saturated heterocycles. The number of hydrogen-bond donors (Lipinski definition) is 0. The standard InChI is InChI=1S/C11H20.C2H6/c1-2-3-5-8-11-9-6-4-7-10-11;1-2/h5,8,11H,2-4,6-7,9-10H2,1H3;1-2H3/b8-5+;. The Hall–Kier alpha value is -0.260. The molecule has 0 aromatic carbocycles. The fourth-order valence-electron chi connectivity index (χ4n) is 1.78. The molecule has 1 fully saturated rings. The van der Waals surface area contributed by atoms with Crippen molar-refractivity contribution in [3.05, 3.63) is 12.2 Å². The summed E-state index contributed by atoms with van der Waals surface area (Å²) in [4.78, 5) is 0. The summed E-state index contributed by atoms with van der Waals surface area (Å²) in [7, 11) is 0. The number of rotatable bonds is 3. The first-order valence-corrected chi connectivity index (χ1v) is 6.10. The van der Waals surface area contributed by atoms with Crippen molar-refractivity contribution in [2.75, 3.05) is 0 Å². The summed E-state index contributed by atoms with van der Waals surface area (Å²) >= 11 is 0. The second-order valence-corrected chi connectivity index (χ2v) is 3.61. The Morgan fingerprint density at radius 3 is 2.23 bits per heavy atom. The summed E-state index contributed by atoms with van der Waals surface area (Å²) in [5, 5.41) is 0. The lowest BCUT2D eigenvalue weighted by Gasteiger charge is -2.17. The normalized spacial score (nSPS) is 18.4. The molecule has 0 aromatic rings. The van der Waals surface area contributed by atoms with Gasteiger partial charge in [0.25, 0.3) is 0 Å². The highest BCUT2D eigenvalue weighted by atomic mass is 14.1. The van der Waals surface area contributed by atoms with E-state index in [0.29, 0.717) is 0 Å². The van der Waals surface area contributed by atoms with E-state index in [-0.39, 0.29) is 0 Å². The van der Waals surface area contributed by atoms with Crippen LogP contribution < -0.4 is 0 Å². The lowest BCUT2D eigenvalue weighted by molar-refractivity contribution is 0.418. The van der Waals surface area contributed by atoms with Gasteiger partial charge in [-0.3, -0.25) is 0 Å². The van der Waals surface area contributed by atoms with Gasteiger partial charge in [0.15, 0.2) is 0 Å². The second kappa shape index (κ2) is 9.83. The summed E-state index contributed by atoms with van der Waals surface area (Å²) in [6.45, 7) is 6.24. The van der Waals surface area contributed by atoms with Crippen LogP contribution in [0, 0.1) is 5.92 Å². The second-order valence-electron chi connectivity index (χ2n) is 3.61. The predicted octanol–water partition coefficient (Wildman–Crippen LogP) is 4.95.